The van der Waals surface area contributed by atoms with Crippen LogP contribution in [0.3, 0.4) is 0 Å². The maximum atomic E-state index is 5.85. The maximum Gasteiger partial charge on any atom is 0.122 e. The minimum absolute atomic E-state index is 0.526. The lowest BCUT2D eigenvalue weighted by atomic mass is 10.1. The molecular formula is C15H25NO. The Morgan fingerprint density at radius 2 is 1.88 bits per heavy atom. The Kier molecular flexibility index (Phi) is 5.49. The number of rotatable bonds is 6. The zero-order valence-corrected chi connectivity index (χ0v) is 11.7. The van der Waals surface area contributed by atoms with Crippen molar-refractivity contribution in [1.29, 1.82) is 0 Å². The summed E-state index contributed by atoms with van der Waals surface area (Å²) in [7, 11) is 0. The largest absolute Gasteiger partial charge is 0.493 e. The molecule has 0 aliphatic heterocycles. The topological polar surface area (TPSA) is 21.3 Å². The molecule has 1 aromatic carbocycles. The van der Waals surface area contributed by atoms with Crippen LogP contribution in [0.15, 0.2) is 18.2 Å². The molecule has 2 nitrogen and oxygen atoms in total. The van der Waals surface area contributed by atoms with E-state index >= 15 is 0 Å². The van der Waals surface area contributed by atoms with Crippen LogP contribution in [0.25, 0.3) is 0 Å². The van der Waals surface area contributed by atoms with Gasteiger partial charge in [0.2, 0.25) is 0 Å². The Labute approximate surface area is 105 Å². The van der Waals surface area contributed by atoms with E-state index < -0.39 is 0 Å². The minimum Gasteiger partial charge on any atom is -0.493 e. The van der Waals surface area contributed by atoms with Gasteiger partial charge in [-0.3, -0.25) is 0 Å². The summed E-state index contributed by atoms with van der Waals surface area (Å²) in [6.07, 6.45) is 0. The smallest absolute Gasteiger partial charge is 0.122 e. The van der Waals surface area contributed by atoms with Gasteiger partial charge in [0.1, 0.15) is 5.75 Å². The van der Waals surface area contributed by atoms with E-state index in [1.807, 2.05) is 0 Å². The van der Waals surface area contributed by atoms with Gasteiger partial charge in [-0.15, -0.1) is 0 Å². The van der Waals surface area contributed by atoms with Crippen LogP contribution in [0.2, 0.25) is 0 Å². The molecule has 96 valence electrons. The molecule has 0 heterocycles. The van der Waals surface area contributed by atoms with E-state index in [-0.39, 0.29) is 0 Å². The summed E-state index contributed by atoms with van der Waals surface area (Å²) in [4.78, 5) is 0. The van der Waals surface area contributed by atoms with Crippen molar-refractivity contribution in [2.45, 2.75) is 40.7 Å². The van der Waals surface area contributed by atoms with Gasteiger partial charge in [-0.1, -0.05) is 38.5 Å². The van der Waals surface area contributed by atoms with Crippen molar-refractivity contribution in [2.24, 2.45) is 5.92 Å². The highest BCUT2D eigenvalue weighted by molar-refractivity contribution is 5.35. The molecule has 0 fully saturated rings. The highest BCUT2D eigenvalue weighted by Crippen LogP contribution is 2.19. The fraction of sp³-hybridized carbons (Fsp3) is 0.600. The van der Waals surface area contributed by atoms with Gasteiger partial charge in [0.15, 0.2) is 0 Å². The van der Waals surface area contributed by atoms with E-state index in [1.165, 1.54) is 11.1 Å². The van der Waals surface area contributed by atoms with Crippen LogP contribution in [0.5, 0.6) is 5.75 Å². The lowest BCUT2D eigenvalue weighted by molar-refractivity contribution is 0.251. The SMILES string of the molecule is Cc1ccc(OCC(C)CNC(C)C)c(C)c1. The number of nitrogens with one attached hydrogen (secondary N) is 1. The van der Waals surface area contributed by atoms with E-state index in [0.29, 0.717) is 12.0 Å². The summed E-state index contributed by atoms with van der Waals surface area (Å²) >= 11 is 0. The van der Waals surface area contributed by atoms with Crippen molar-refractivity contribution < 1.29 is 4.74 Å². The van der Waals surface area contributed by atoms with Crippen molar-refractivity contribution in [3.8, 4) is 5.75 Å². The number of ether oxygens (including phenoxy) is 1. The Morgan fingerprint density at radius 3 is 2.47 bits per heavy atom. The predicted octanol–water partition coefficient (Wildman–Crippen LogP) is 3.32. The third-order valence-corrected chi connectivity index (χ3v) is 2.73. The molecule has 1 rings (SSSR count). The first-order valence-corrected chi connectivity index (χ1v) is 6.42. The zero-order chi connectivity index (χ0) is 12.8. The lowest BCUT2D eigenvalue weighted by Crippen LogP contribution is -2.30. The summed E-state index contributed by atoms with van der Waals surface area (Å²) < 4.78 is 5.85. The van der Waals surface area contributed by atoms with E-state index in [2.05, 4.69) is 58.1 Å². The number of hydrogen-bond donors (Lipinski definition) is 1. The minimum atomic E-state index is 0.526. The number of hydrogen-bond acceptors (Lipinski definition) is 2. The Morgan fingerprint density at radius 1 is 1.18 bits per heavy atom. The van der Waals surface area contributed by atoms with Crippen molar-refractivity contribution in [3.05, 3.63) is 29.3 Å². The monoisotopic (exact) mass is 235 g/mol. The van der Waals surface area contributed by atoms with Crippen LogP contribution in [0.4, 0.5) is 0 Å². The summed E-state index contributed by atoms with van der Waals surface area (Å²) in [6.45, 7) is 12.5. The fourth-order valence-corrected chi connectivity index (χ4v) is 1.69. The first-order valence-electron chi connectivity index (χ1n) is 6.42. The lowest BCUT2D eigenvalue weighted by Gasteiger charge is -2.16. The van der Waals surface area contributed by atoms with Gasteiger partial charge in [0.05, 0.1) is 6.61 Å². The molecular weight excluding hydrogens is 210 g/mol. The van der Waals surface area contributed by atoms with Crippen molar-refractivity contribution in [2.75, 3.05) is 13.2 Å². The highest BCUT2D eigenvalue weighted by Gasteiger charge is 2.05. The van der Waals surface area contributed by atoms with Crippen molar-refractivity contribution in [3.63, 3.8) is 0 Å². The van der Waals surface area contributed by atoms with E-state index in [4.69, 9.17) is 4.74 Å². The molecule has 0 aliphatic rings. The van der Waals surface area contributed by atoms with Gasteiger partial charge in [0.25, 0.3) is 0 Å². The Hall–Kier alpha value is -1.02. The summed E-state index contributed by atoms with van der Waals surface area (Å²) in [6, 6.07) is 6.86. The quantitative estimate of drug-likeness (QED) is 0.816. The third-order valence-electron chi connectivity index (χ3n) is 2.73. The molecule has 0 radical (unpaired) electrons. The second-order valence-electron chi connectivity index (χ2n) is 5.25. The first-order chi connectivity index (χ1) is 7.99. The van der Waals surface area contributed by atoms with Crippen LogP contribution in [0, 0.1) is 19.8 Å². The molecule has 0 aliphatic carbocycles. The van der Waals surface area contributed by atoms with Crippen LogP contribution < -0.4 is 10.1 Å². The molecule has 0 spiro atoms. The molecule has 0 saturated heterocycles. The van der Waals surface area contributed by atoms with Crippen LogP contribution in [0.1, 0.15) is 31.9 Å². The average molecular weight is 235 g/mol. The van der Waals surface area contributed by atoms with Gasteiger partial charge in [-0.05, 0) is 25.5 Å². The second kappa shape index (κ2) is 6.65. The molecule has 2 heteroatoms. The third kappa shape index (κ3) is 5.22. The summed E-state index contributed by atoms with van der Waals surface area (Å²) in [5.41, 5.74) is 2.50. The van der Waals surface area contributed by atoms with Gasteiger partial charge in [0, 0.05) is 18.5 Å². The normalized spacial score (nSPS) is 12.8. The van der Waals surface area contributed by atoms with E-state index in [0.717, 1.165) is 18.9 Å². The van der Waals surface area contributed by atoms with Crippen LogP contribution in [-0.4, -0.2) is 19.2 Å². The van der Waals surface area contributed by atoms with Gasteiger partial charge >= 0.3 is 0 Å². The van der Waals surface area contributed by atoms with Crippen LogP contribution >= 0.6 is 0 Å². The Bertz CT molecular complexity index is 347. The van der Waals surface area contributed by atoms with Gasteiger partial charge in [-0.2, -0.15) is 0 Å². The molecule has 1 unspecified atom stereocenters. The molecule has 1 aromatic rings. The molecule has 1 N–H and O–H groups in total. The van der Waals surface area contributed by atoms with Gasteiger partial charge < -0.3 is 10.1 Å². The fourth-order valence-electron chi connectivity index (χ4n) is 1.69. The van der Waals surface area contributed by atoms with Gasteiger partial charge in [-0.25, -0.2) is 0 Å². The highest BCUT2D eigenvalue weighted by atomic mass is 16.5. The second-order valence-corrected chi connectivity index (χ2v) is 5.25. The first kappa shape index (κ1) is 14.0. The average Bonchev–Trinajstić information content (AvgIpc) is 2.25. The van der Waals surface area contributed by atoms with E-state index in [9.17, 15) is 0 Å². The number of benzene rings is 1. The number of aryl methyl sites for hydroxylation is 2. The molecule has 0 saturated carbocycles. The molecule has 17 heavy (non-hydrogen) atoms. The maximum absolute atomic E-state index is 5.85. The molecule has 1 atom stereocenters. The predicted molar refractivity (Wildman–Crippen MR) is 73.7 cm³/mol. The van der Waals surface area contributed by atoms with Crippen molar-refractivity contribution in [1.82, 2.24) is 5.32 Å². The standard InChI is InChI=1S/C15H25NO/c1-11(2)16-9-13(4)10-17-15-7-6-12(3)8-14(15)5/h6-8,11,13,16H,9-10H2,1-5H3. The molecule has 0 amide bonds. The Balaban J connectivity index is 2.39. The zero-order valence-electron chi connectivity index (χ0n) is 11.7. The molecule has 0 aromatic heterocycles. The summed E-state index contributed by atoms with van der Waals surface area (Å²) in [5, 5.41) is 3.43. The molecule has 0 bridgehead atoms. The van der Waals surface area contributed by atoms with Crippen LogP contribution in [-0.2, 0) is 0 Å². The van der Waals surface area contributed by atoms with Crippen molar-refractivity contribution >= 4 is 0 Å². The summed E-state index contributed by atoms with van der Waals surface area (Å²) in [5.74, 6) is 1.53. The van der Waals surface area contributed by atoms with E-state index in [1.54, 1.807) is 0 Å².